The second-order valence-electron chi connectivity index (χ2n) is 9.13. The van der Waals surface area contributed by atoms with E-state index in [2.05, 4.69) is 67.7 Å². The van der Waals surface area contributed by atoms with Gasteiger partial charge in [-0.05, 0) is 6.92 Å². The van der Waals surface area contributed by atoms with E-state index in [0.29, 0.717) is 27.7 Å². The SMILES string of the molecule is C[C@@H](O)COc1ccc(N2CCN(Cc3ccc(F)cn3)C[C@H]2c2ccc(C3C[I-]3)cc2)c(I)c1. The second-order valence-corrected chi connectivity index (χ2v) is 13.6. The fourth-order valence-corrected chi connectivity index (χ4v) is 6.95. The summed E-state index contributed by atoms with van der Waals surface area (Å²) in [7, 11) is 0. The zero-order valence-electron chi connectivity index (χ0n) is 19.6. The Morgan fingerprint density at radius 2 is 1.91 bits per heavy atom. The molecule has 1 N–H and O–H groups in total. The molecule has 0 aliphatic carbocycles. The van der Waals surface area contributed by atoms with Crippen molar-refractivity contribution in [3.8, 4) is 5.75 Å². The molecule has 2 saturated heterocycles. The first-order chi connectivity index (χ1) is 17.0. The number of halogens is 3. The van der Waals surface area contributed by atoms with Gasteiger partial charge in [-0.15, -0.1) is 0 Å². The van der Waals surface area contributed by atoms with Gasteiger partial charge in [0.15, 0.2) is 0 Å². The predicted octanol–water partition coefficient (Wildman–Crippen LogP) is 1.79. The number of nitrogens with zero attached hydrogens (tertiary/aromatic N) is 3. The fourth-order valence-electron chi connectivity index (χ4n) is 4.46. The second kappa shape index (κ2) is 11.3. The van der Waals surface area contributed by atoms with E-state index >= 15 is 0 Å². The zero-order valence-corrected chi connectivity index (χ0v) is 23.9. The van der Waals surface area contributed by atoms with Gasteiger partial charge in [-0.2, -0.15) is 0 Å². The van der Waals surface area contributed by atoms with Crippen LogP contribution in [0.5, 0.6) is 5.75 Å². The van der Waals surface area contributed by atoms with E-state index in [0.717, 1.165) is 38.6 Å². The average Bonchev–Trinajstić information content (AvgIpc) is 3.70. The minimum atomic E-state index is -0.499. The molecular weight excluding hydrogens is 671 g/mol. The van der Waals surface area contributed by atoms with Crippen molar-refractivity contribution >= 4 is 28.3 Å². The van der Waals surface area contributed by atoms with Gasteiger partial charge in [0.2, 0.25) is 0 Å². The summed E-state index contributed by atoms with van der Waals surface area (Å²) in [4.78, 5) is 9.18. The molecule has 2 aliphatic rings. The topological polar surface area (TPSA) is 48.8 Å². The van der Waals surface area contributed by atoms with Crippen LogP contribution in [-0.2, 0) is 6.54 Å². The first-order valence-corrected chi connectivity index (χ1v) is 15.7. The molecule has 5 nitrogen and oxygen atoms in total. The van der Waals surface area contributed by atoms with E-state index in [1.54, 1.807) is 13.0 Å². The average molecular weight is 700 g/mol. The van der Waals surface area contributed by atoms with E-state index < -0.39 is 6.10 Å². The van der Waals surface area contributed by atoms with E-state index in [-0.39, 0.29) is 18.5 Å². The van der Waals surface area contributed by atoms with Crippen LogP contribution in [0.15, 0.2) is 60.8 Å². The van der Waals surface area contributed by atoms with E-state index in [4.69, 9.17) is 4.74 Å². The van der Waals surface area contributed by atoms with Crippen molar-refractivity contribution in [1.29, 1.82) is 0 Å². The molecular formula is C27H29FI2N3O2-. The Labute approximate surface area is 230 Å². The minimum absolute atomic E-state index is 0.199. The Kier molecular flexibility index (Phi) is 8.10. The van der Waals surface area contributed by atoms with Crippen LogP contribution in [0.2, 0.25) is 0 Å². The number of hydrogen-bond donors (Lipinski definition) is 1. The Morgan fingerprint density at radius 1 is 1.14 bits per heavy atom. The Balaban J connectivity index is 1.39. The van der Waals surface area contributed by atoms with Crippen LogP contribution in [-0.4, -0.2) is 51.8 Å². The van der Waals surface area contributed by atoms with Crippen molar-refractivity contribution in [2.45, 2.75) is 29.5 Å². The van der Waals surface area contributed by atoms with Crippen molar-refractivity contribution in [3.63, 3.8) is 0 Å². The van der Waals surface area contributed by atoms with Gasteiger partial charge in [0.1, 0.15) is 12.4 Å². The van der Waals surface area contributed by atoms with Crippen LogP contribution >= 0.6 is 22.6 Å². The summed E-state index contributed by atoms with van der Waals surface area (Å²) >= 11 is 2.77. The van der Waals surface area contributed by atoms with Gasteiger partial charge in [0.05, 0.1) is 6.10 Å². The molecule has 35 heavy (non-hydrogen) atoms. The van der Waals surface area contributed by atoms with Gasteiger partial charge in [-0.25, -0.2) is 4.39 Å². The number of rotatable bonds is 8. The molecule has 8 heteroatoms. The molecule has 3 heterocycles. The first-order valence-electron chi connectivity index (χ1n) is 11.8. The van der Waals surface area contributed by atoms with Crippen molar-refractivity contribution in [3.05, 3.63) is 87.0 Å². The number of benzene rings is 2. The summed E-state index contributed by atoms with van der Waals surface area (Å²) in [5.74, 6) is 0.471. The van der Waals surface area contributed by atoms with Crippen molar-refractivity contribution in [2.75, 3.05) is 35.6 Å². The molecule has 2 aromatic carbocycles. The molecule has 0 radical (unpaired) electrons. The summed E-state index contributed by atoms with van der Waals surface area (Å²) in [6.07, 6.45) is 0.798. The fraction of sp³-hybridized carbons (Fsp3) is 0.370. The number of ether oxygens (including phenoxy) is 1. The number of pyridine rings is 1. The Bertz CT molecular complexity index is 1140. The first kappa shape index (κ1) is 25.2. The third-order valence-corrected chi connectivity index (χ3v) is 9.69. The molecule has 186 valence electrons. The molecule has 2 fully saturated rings. The van der Waals surface area contributed by atoms with Crippen molar-refractivity contribution < 1.29 is 35.4 Å². The number of aromatic nitrogens is 1. The predicted molar refractivity (Wildman–Crippen MR) is 140 cm³/mol. The van der Waals surface area contributed by atoms with Crippen molar-refractivity contribution in [2.24, 2.45) is 0 Å². The summed E-state index contributed by atoms with van der Waals surface area (Å²) in [6, 6.07) is 18.9. The van der Waals surface area contributed by atoms with E-state index in [1.807, 2.05) is 12.1 Å². The summed E-state index contributed by atoms with van der Waals surface area (Å²) in [6.45, 7) is 5.36. The molecule has 1 aromatic heterocycles. The summed E-state index contributed by atoms with van der Waals surface area (Å²) in [5.41, 5.74) is 4.89. The monoisotopic (exact) mass is 700 g/mol. The zero-order chi connectivity index (χ0) is 24.4. The molecule has 0 spiro atoms. The summed E-state index contributed by atoms with van der Waals surface area (Å²) in [5, 5.41) is 9.54. The van der Waals surface area contributed by atoms with Crippen LogP contribution in [0.1, 0.15) is 33.7 Å². The standard InChI is InChI=1S/C27H29FI2N3O2/c1-18(34)17-35-23-8-9-26(24(29)12-23)33-11-10-32(15-22-7-6-21(28)14-31-22)16-27(33)20-4-2-19(3-5-20)25-13-30-25/h2-9,12,14,18,25,27,34H,10-11,13,15-17H2,1H3/q-1/t18-,25?,27+/m1/s1. The molecule has 0 bridgehead atoms. The molecule has 2 aliphatic heterocycles. The third kappa shape index (κ3) is 6.44. The van der Waals surface area contributed by atoms with Gasteiger partial charge < -0.3 is 5.11 Å². The summed E-state index contributed by atoms with van der Waals surface area (Å²) < 4.78 is 22.4. The normalized spacial score (nSPS) is 21.3. The van der Waals surface area contributed by atoms with Crippen LogP contribution < -0.4 is 30.8 Å². The number of piperazine rings is 1. The van der Waals surface area contributed by atoms with Gasteiger partial charge in [0.25, 0.3) is 0 Å². The quantitative estimate of drug-likeness (QED) is 0.287. The van der Waals surface area contributed by atoms with Gasteiger partial charge in [0, 0.05) is 0 Å². The van der Waals surface area contributed by atoms with Crippen molar-refractivity contribution in [1.82, 2.24) is 9.88 Å². The van der Waals surface area contributed by atoms with Crippen LogP contribution in [0.4, 0.5) is 10.1 Å². The van der Waals surface area contributed by atoms with E-state index in [1.165, 1.54) is 33.5 Å². The van der Waals surface area contributed by atoms with Gasteiger partial charge in [-0.1, -0.05) is 0 Å². The number of aliphatic hydroxyl groups is 1. The number of hydrogen-bond acceptors (Lipinski definition) is 5. The third-order valence-electron chi connectivity index (χ3n) is 6.35. The maximum atomic E-state index is 13.3. The molecule has 0 saturated carbocycles. The van der Waals surface area contributed by atoms with Crippen LogP contribution in [0, 0.1) is 9.39 Å². The number of aliphatic hydroxyl groups excluding tert-OH is 1. The molecule has 3 aromatic rings. The van der Waals surface area contributed by atoms with Gasteiger partial charge >= 0.3 is 197 Å². The maximum absolute atomic E-state index is 13.3. The van der Waals surface area contributed by atoms with E-state index in [9.17, 15) is 9.50 Å². The van der Waals surface area contributed by atoms with Gasteiger partial charge in [-0.3, -0.25) is 0 Å². The number of anilines is 1. The molecule has 1 unspecified atom stereocenters. The Hall–Kier alpha value is -1.50. The van der Waals surface area contributed by atoms with Crippen LogP contribution in [0.3, 0.4) is 0 Å². The molecule has 0 amide bonds. The van der Waals surface area contributed by atoms with Crippen LogP contribution in [0.25, 0.3) is 0 Å². The number of alkyl halides is 2. The molecule has 5 rings (SSSR count). The Morgan fingerprint density at radius 3 is 2.57 bits per heavy atom. The molecule has 3 atom stereocenters.